The molecular weight excluding hydrogens is 286 g/mol. The van der Waals surface area contributed by atoms with Crippen LogP contribution in [0, 0.1) is 18.6 Å². The number of benzene rings is 1. The third kappa shape index (κ3) is 3.75. The van der Waals surface area contributed by atoms with Crippen molar-refractivity contribution in [3.05, 3.63) is 40.4 Å². The zero-order valence-electron chi connectivity index (χ0n) is 10.6. The average molecular weight is 300 g/mol. The summed E-state index contributed by atoms with van der Waals surface area (Å²) in [5.41, 5.74) is 7.05. The number of hydrogen-bond donors (Lipinski definition) is 1. The van der Waals surface area contributed by atoms with E-state index >= 15 is 0 Å². The van der Waals surface area contributed by atoms with E-state index in [1.54, 1.807) is 6.92 Å². The van der Waals surface area contributed by atoms with E-state index in [0.717, 1.165) is 17.5 Å². The number of aromatic nitrogens is 1. The molecule has 102 valence electrons. The Balaban J connectivity index is 2.26. The predicted molar refractivity (Wildman–Crippen MR) is 74.7 cm³/mol. The number of rotatable bonds is 4. The summed E-state index contributed by atoms with van der Waals surface area (Å²) < 4.78 is 28.5. The molecule has 0 saturated carbocycles. The van der Waals surface area contributed by atoms with Gasteiger partial charge in [-0.2, -0.15) is 0 Å². The van der Waals surface area contributed by atoms with Crippen LogP contribution in [-0.2, 0) is 6.42 Å². The summed E-state index contributed by atoms with van der Waals surface area (Å²) in [7, 11) is 0. The molecule has 0 spiro atoms. The van der Waals surface area contributed by atoms with E-state index in [1.807, 2.05) is 12.3 Å². The molecule has 19 heavy (non-hydrogen) atoms. The molecule has 0 aliphatic heterocycles. The number of aryl methyl sites for hydroxylation is 1. The van der Waals surface area contributed by atoms with E-state index < -0.39 is 11.6 Å². The maximum atomic E-state index is 13.9. The van der Waals surface area contributed by atoms with Crippen LogP contribution in [-0.4, -0.2) is 11.0 Å². The molecule has 1 atom stereocenters. The van der Waals surface area contributed by atoms with E-state index in [1.165, 1.54) is 23.5 Å². The van der Waals surface area contributed by atoms with Crippen molar-refractivity contribution in [3.8, 4) is 0 Å². The van der Waals surface area contributed by atoms with Crippen LogP contribution in [0.4, 0.5) is 8.78 Å². The van der Waals surface area contributed by atoms with Crippen molar-refractivity contribution in [2.24, 2.45) is 5.73 Å². The Morgan fingerprint density at radius 1 is 1.37 bits per heavy atom. The van der Waals surface area contributed by atoms with Crippen LogP contribution in [0.3, 0.4) is 0 Å². The first-order chi connectivity index (χ1) is 8.95. The average Bonchev–Trinajstić information content (AvgIpc) is 2.68. The third-order valence-electron chi connectivity index (χ3n) is 2.40. The highest BCUT2D eigenvalue weighted by Gasteiger charge is 2.15. The quantitative estimate of drug-likeness (QED) is 0.934. The summed E-state index contributed by atoms with van der Waals surface area (Å²) in [4.78, 5) is 4.18. The van der Waals surface area contributed by atoms with Crippen LogP contribution in [0.5, 0.6) is 0 Å². The summed E-state index contributed by atoms with van der Waals surface area (Å²) in [6.45, 7) is 3.65. The van der Waals surface area contributed by atoms with Gasteiger partial charge < -0.3 is 5.73 Å². The zero-order valence-corrected chi connectivity index (χ0v) is 12.2. The molecule has 0 saturated heterocycles. The van der Waals surface area contributed by atoms with Crippen LogP contribution in [0.25, 0.3) is 0 Å². The van der Waals surface area contributed by atoms with Crippen LogP contribution in [0.1, 0.15) is 18.2 Å². The molecule has 1 aromatic heterocycles. The molecule has 1 unspecified atom stereocenters. The van der Waals surface area contributed by atoms with Gasteiger partial charge in [0, 0.05) is 17.1 Å². The van der Waals surface area contributed by atoms with E-state index in [-0.39, 0.29) is 10.9 Å². The van der Waals surface area contributed by atoms with Crippen molar-refractivity contribution < 1.29 is 8.78 Å². The molecule has 2 N–H and O–H groups in total. The van der Waals surface area contributed by atoms with Crippen molar-refractivity contribution in [3.63, 3.8) is 0 Å². The van der Waals surface area contributed by atoms with Crippen molar-refractivity contribution in [1.29, 1.82) is 0 Å². The van der Waals surface area contributed by atoms with Gasteiger partial charge in [0.25, 0.3) is 0 Å². The number of halogens is 2. The monoisotopic (exact) mass is 300 g/mol. The first kappa shape index (κ1) is 14.4. The van der Waals surface area contributed by atoms with E-state index in [2.05, 4.69) is 4.98 Å². The van der Waals surface area contributed by atoms with E-state index in [0.29, 0.717) is 16.3 Å². The lowest BCUT2D eigenvalue weighted by molar-refractivity contribution is 0.535. The second-order valence-corrected chi connectivity index (χ2v) is 6.54. The topological polar surface area (TPSA) is 38.9 Å². The fourth-order valence-corrected chi connectivity index (χ4v) is 3.45. The number of thiazole rings is 1. The molecule has 0 amide bonds. The second-order valence-electron chi connectivity index (χ2n) is 4.43. The Kier molecular flexibility index (Phi) is 4.54. The molecule has 0 bridgehead atoms. The largest absolute Gasteiger partial charge is 0.328 e. The Bertz CT molecular complexity index is 559. The molecule has 0 fully saturated rings. The number of hydrogen-bond acceptors (Lipinski definition) is 4. The fourth-order valence-electron chi connectivity index (χ4n) is 1.67. The van der Waals surface area contributed by atoms with Crippen LogP contribution >= 0.6 is 23.1 Å². The van der Waals surface area contributed by atoms with Crippen molar-refractivity contribution in [2.45, 2.75) is 35.5 Å². The lowest BCUT2D eigenvalue weighted by atomic mass is 10.1. The SMILES string of the molecule is Cc1csc(Sc2c(F)cc(CC(C)N)cc2F)n1. The standard InChI is InChI=1S/C13H14F2N2S2/c1-7(16)3-9-4-10(14)12(11(15)5-9)19-13-17-8(2)6-18-13/h4-7H,3,16H2,1-2H3. The Hall–Kier alpha value is -0.980. The summed E-state index contributed by atoms with van der Waals surface area (Å²) in [5.74, 6) is -1.12. The highest BCUT2D eigenvalue weighted by molar-refractivity contribution is 8.01. The van der Waals surface area contributed by atoms with E-state index in [9.17, 15) is 8.78 Å². The van der Waals surface area contributed by atoms with Gasteiger partial charge in [0.2, 0.25) is 0 Å². The molecule has 1 aromatic carbocycles. The summed E-state index contributed by atoms with van der Waals surface area (Å²) in [6, 6.07) is 2.56. The van der Waals surface area contributed by atoms with Gasteiger partial charge >= 0.3 is 0 Å². The Labute approximate surface area is 119 Å². The molecule has 2 rings (SSSR count). The molecule has 0 radical (unpaired) electrons. The molecule has 1 heterocycles. The van der Waals surface area contributed by atoms with Gasteiger partial charge in [0.15, 0.2) is 4.34 Å². The summed E-state index contributed by atoms with van der Waals surface area (Å²) in [5, 5.41) is 1.85. The summed E-state index contributed by atoms with van der Waals surface area (Å²) >= 11 is 2.39. The van der Waals surface area contributed by atoms with Crippen molar-refractivity contribution >= 4 is 23.1 Å². The van der Waals surface area contributed by atoms with Gasteiger partial charge in [-0.05, 0) is 38.0 Å². The smallest absolute Gasteiger partial charge is 0.155 e. The Morgan fingerprint density at radius 3 is 2.47 bits per heavy atom. The number of nitrogens with two attached hydrogens (primary N) is 1. The third-order valence-corrected chi connectivity index (χ3v) is 4.55. The van der Waals surface area contributed by atoms with Gasteiger partial charge in [-0.1, -0.05) is 11.8 Å². The normalized spacial score (nSPS) is 12.7. The maximum Gasteiger partial charge on any atom is 0.155 e. The minimum Gasteiger partial charge on any atom is -0.328 e. The molecule has 0 aliphatic rings. The van der Waals surface area contributed by atoms with Crippen molar-refractivity contribution in [1.82, 2.24) is 4.98 Å². The Morgan fingerprint density at radius 2 is 2.00 bits per heavy atom. The minimum absolute atomic E-state index is 0.0113. The van der Waals surface area contributed by atoms with Crippen molar-refractivity contribution in [2.75, 3.05) is 0 Å². The molecule has 2 nitrogen and oxygen atoms in total. The molecular formula is C13H14F2N2S2. The first-order valence-corrected chi connectivity index (χ1v) is 7.49. The lowest BCUT2D eigenvalue weighted by Crippen LogP contribution is -2.18. The van der Waals surface area contributed by atoms with E-state index in [4.69, 9.17) is 5.73 Å². The molecule has 0 aliphatic carbocycles. The maximum absolute atomic E-state index is 13.9. The van der Waals surface area contributed by atoms with Gasteiger partial charge in [0.1, 0.15) is 11.6 Å². The van der Waals surface area contributed by atoms with Gasteiger partial charge in [-0.15, -0.1) is 11.3 Å². The van der Waals surface area contributed by atoms with Gasteiger partial charge in [0.05, 0.1) is 4.90 Å². The number of nitrogens with zero attached hydrogens (tertiary/aromatic N) is 1. The second kappa shape index (κ2) is 5.98. The lowest BCUT2D eigenvalue weighted by Gasteiger charge is -2.08. The molecule has 2 aromatic rings. The van der Waals surface area contributed by atoms with Crippen LogP contribution in [0.15, 0.2) is 26.7 Å². The highest BCUT2D eigenvalue weighted by atomic mass is 32.2. The van der Waals surface area contributed by atoms with Crippen LogP contribution in [0.2, 0.25) is 0 Å². The predicted octanol–water partition coefficient (Wildman–Crippen LogP) is 3.77. The first-order valence-electron chi connectivity index (χ1n) is 5.79. The zero-order chi connectivity index (χ0) is 14.0. The summed E-state index contributed by atoms with van der Waals surface area (Å²) in [6.07, 6.45) is 0.454. The fraction of sp³-hybridized carbons (Fsp3) is 0.308. The van der Waals surface area contributed by atoms with Crippen LogP contribution < -0.4 is 5.73 Å². The molecule has 6 heteroatoms. The van der Waals surface area contributed by atoms with Gasteiger partial charge in [-0.3, -0.25) is 0 Å². The minimum atomic E-state index is -0.562. The highest BCUT2D eigenvalue weighted by Crippen LogP contribution is 2.34. The van der Waals surface area contributed by atoms with Gasteiger partial charge in [-0.25, -0.2) is 13.8 Å².